The second-order valence-corrected chi connectivity index (χ2v) is 3.84. The smallest absolute Gasteiger partial charge is 0.101 e. The zero-order valence-corrected chi connectivity index (χ0v) is 9.20. The number of nitriles is 1. The first-order chi connectivity index (χ1) is 7.70. The molecule has 0 bridgehead atoms. The Kier molecular flexibility index (Phi) is 2.80. The number of anilines is 1. The van der Waals surface area contributed by atoms with Crippen LogP contribution in [-0.4, -0.2) is 0 Å². The van der Waals surface area contributed by atoms with E-state index in [4.69, 9.17) is 22.6 Å². The SMILES string of the molecule is N#Cc1ccc(-c2ccc(N)cc2)cc1Cl. The fourth-order valence-corrected chi connectivity index (χ4v) is 1.68. The van der Waals surface area contributed by atoms with Crippen LogP contribution >= 0.6 is 11.6 Å². The molecular formula is C13H9ClN2. The van der Waals surface area contributed by atoms with Gasteiger partial charge in [-0.1, -0.05) is 29.8 Å². The van der Waals surface area contributed by atoms with Crippen LogP contribution in [0.2, 0.25) is 5.02 Å². The summed E-state index contributed by atoms with van der Waals surface area (Å²) in [5, 5.41) is 9.23. The van der Waals surface area contributed by atoms with Gasteiger partial charge in [-0.2, -0.15) is 5.26 Å². The van der Waals surface area contributed by atoms with Crippen LogP contribution in [0.15, 0.2) is 42.5 Å². The number of hydrogen-bond donors (Lipinski definition) is 1. The normalized spacial score (nSPS) is 9.75. The summed E-state index contributed by atoms with van der Waals surface area (Å²) in [6, 6.07) is 14.9. The van der Waals surface area contributed by atoms with Gasteiger partial charge in [0.1, 0.15) is 6.07 Å². The molecule has 3 heteroatoms. The minimum atomic E-state index is 0.469. The van der Waals surface area contributed by atoms with Crippen molar-refractivity contribution in [3.05, 3.63) is 53.1 Å². The molecule has 0 aliphatic rings. The van der Waals surface area contributed by atoms with E-state index in [1.165, 1.54) is 0 Å². The Balaban J connectivity index is 2.46. The molecule has 0 saturated heterocycles. The molecule has 0 saturated carbocycles. The number of hydrogen-bond acceptors (Lipinski definition) is 2. The van der Waals surface area contributed by atoms with Crippen molar-refractivity contribution in [2.24, 2.45) is 0 Å². The third kappa shape index (κ3) is 2.00. The zero-order chi connectivity index (χ0) is 11.5. The van der Waals surface area contributed by atoms with Crippen LogP contribution in [0.4, 0.5) is 5.69 Å². The largest absolute Gasteiger partial charge is 0.399 e. The molecule has 0 radical (unpaired) electrons. The Hall–Kier alpha value is -1.98. The molecule has 2 nitrogen and oxygen atoms in total. The Morgan fingerprint density at radius 3 is 2.19 bits per heavy atom. The average molecular weight is 229 g/mol. The quantitative estimate of drug-likeness (QED) is 0.760. The maximum Gasteiger partial charge on any atom is 0.101 e. The highest BCUT2D eigenvalue weighted by Crippen LogP contribution is 2.25. The van der Waals surface area contributed by atoms with E-state index in [9.17, 15) is 0 Å². The van der Waals surface area contributed by atoms with Crippen LogP contribution in [0.5, 0.6) is 0 Å². The zero-order valence-electron chi connectivity index (χ0n) is 8.44. The summed E-state index contributed by atoms with van der Waals surface area (Å²) in [6.07, 6.45) is 0. The van der Waals surface area contributed by atoms with Crippen LogP contribution in [0.1, 0.15) is 5.56 Å². The highest BCUT2D eigenvalue weighted by atomic mass is 35.5. The minimum Gasteiger partial charge on any atom is -0.399 e. The molecule has 16 heavy (non-hydrogen) atoms. The van der Waals surface area contributed by atoms with Crippen LogP contribution in [0.3, 0.4) is 0 Å². The fourth-order valence-electron chi connectivity index (χ4n) is 1.46. The molecule has 2 rings (SSSR count). The molecule has 0 heterocycles. The molecule has 0 atom stereocenters. The van der Waals surface area contributed by atoms with Gasteiger partial charge in [-0.3, -0.25) is 0 Å². The van der Waals surface area contributed by atoms with E-state index in [2.05, 4.69) is 0 Å². The molecule has 0 aliphatic carbocycles. The van der Waals surface area contributed by atoms with E-state index < -0.39 is 0 Å². The standard InChI is InChI=1S/C13H9ClN2/c14-13-7-10(1-2-11(13)8-15)9-3-5-12(16)6-4-9/h1-7H,16H2. The molecule has 0 fully saturated rings. The highest BCUT2D eigenvalue weighted by molar-refractivity contribution is 6.32. The molecule has 0 amide bonds. The second-order valence-electron chi connectivity index (χ2n) is 3.43. The van der Waals surface area contributed by atoms with E-state index in [-0.39, 0.29) is 0 Å². The van der Waals surface area contributed by atoms with E-state index in [1.807, 2.05) is 36.4 Å². The summed E-state index contributed by atoms with van der Waals surface area (Å²) in [4.78, 5) is 0. The molecule has 0 spiro atoms. The number of nitrogens with two attached hydrogens (primary N) is 1. The highest BCUT2D eigenvalue weighted by Gasteiger charge is 2.02. The van der Waals surface area contributed by atoms with Crippen LogP contribution < -0.4 is 5.73 Å². The molecular weight excluding hydrogens is 220 g/mol. The Labute approximate surface area is 98.9 Å². The van der Waals surface area contributed by atoms with Gasteiger partial charge in [-0.05, 0) is 35.4 Å². The predicted octanol–water partition coefficient (Wildman–Crippen LogP) is 3.46. The number of nitrogen functional groups attached to an aromatic ring is 1. The third-order valence-electron chi connectivity index (χ3n) is 2.33. The van der Waals surface area contributed by atoms with Gasteiger partial charge in [0.15, 0.2) is 0 Å². The topological polar surface area (TPSA) is 49.8 Å². The minimum absolute atomic E-state index is 0.469. The van der Waals surface area contributed by atoms with E-state index in [0.717, 1.165) is 16.8 Å². The van der Waals surface area contributed by atoms with Gasteiger partial charge >= 0.3 is 0 Å². The molecule has 78 valence electrons. The van der Waals surface area contributed by atoms with Crippen molar-refractivity contribution in [2.45, 2.75) is 0 Å². The van der Waals surface area contributed by atoms with Gasteiger partial charge < -0.3 is 5.73 Å². The van der Waals surface area contributed by atoms with Gasteiger partial charge in [-0.15, -0.1) is 0 Å². The van der Waals surface area contributed by atoms with E-state index in [0.29, 0.717) is 10.6 Å². The lowest BCUT2D eigenvalue weighted by Gasteiger charge is -2.03. The van der Waals surface area contributed by atoms with E-state index >= 15 is 0 Å². The number of nitrogens with zero attached hydrogens (tertiary/aromatic N) is 1. The maximum atomic E-state index is 8.77. The summed E-state index contributed by atoms with van der Waals surface area (Å²) >= 11 is 5.96. The van der Waals surface area contributed by atoms with Crippen molar-refractivity contribution < 1.29 is 0 Å². The Morgan fingerprint density at radius 2 is 1.62 bits per heavy atom. The Morgan fingerprint density at radius 1 is 1.00 bits per heavy atom. The van der Waals surface area contributed by atoms with Gasteiger partial charge in [-0.25, -0.2) is 0 Å². The van der Waals surface area contributed by atoms with Crippen LogP contribution in [0, 0.1) is 11.3 Å². The monoisotopic (exact) mass is 228 g/mol. The maximum absolute atomic E-state index is 8.77. The van der Waals surface area contributed by atoms with Crippen LogP contribution in [-0.2, 0) is 0 Å². The molecule has 0 unspecified atom stereocenters. The van der Waals surface area contributed by atoms with Crippen LogP contribution in [0.25, 0.3) is 11.1 Å². The first-order valence-electron chi connectivity index (χ1n) is 4.76. The summed E-state index contributed by atoms with van der Waals surface area (Å²) in [7, 11) is 0. The van der Waals surface area contributed by atoms with Crippen molar-refractivity contribution in [2.75, 3.05) is 5.73 Å². The van der Waals surface area contributed by atoms with Gasteiger partial charge in [0, 0.05) is 5.69 Å². The first kappa shape index (κ1) is 10.5. The number of benzene rings is 2. The first-order valence-corrected chi connectivity index (χ1v) is 5.14. The molecule has 0 aromatic heterocycles. The summed E-state index contributed by atoms with van der Waals surface area (Å²) in [6.45, 7) is 0. The lowest BCUT2D eigenvalue weighted by atomic mass is 10.0. The second kappa shape index (κ2) is 4.26. The third-order valence-corrected chi connectivity index (χ3v) is 2.65. The number of halogens is 1. The molecule has 2 aromatic carbocycles. The molecule has 2 aromatic rings. The summed E-state index contributed by atoms with van der Waals surface area (Å²) in [5.41, 5.74) is 8.83. The fraction of sp³-hybridized carbons (Fsp3) is 0. The van der Waals surface area contributed by atoms with Crippen molar-refractivity contribution in [1.29, 1.82) is 5.26 Å². The van der Waals surface area contributed by atoms with E-state index in [1.54, 1.807) is 12.1 Å². The van der Waals surface area contributed by atoms with Gasteiger partial charge in [0.25, 0.3) is 0 Å². The lowest BCUT2D eigenvalue weighted by molar-refractivity contribution is 1.48. The van der Waals surface area contributed by atoms with Crippen molar-refractivity contribution >= 4 is 17.3 Å². The summed E-state index contributed by atoms with van der Waals surface area (Å²) < 4.78 is 0. The Bertz CT molecular complexity index is 553. The predicted molar refractivity (Wildman–Crippen MR) is 66.0 cm³/mol. The average Bonchev–Trinajstić information content (AvgIpc) is 2.30. The lowest BCUT2D eigenvalue weighted by Crippen LogP contribution is -1.85. The summed E-state index contributed by atoms with van der Waals surface area (Å²) in [5.74, 6) is 0. The molecule has 2 N–H and O–H groups in total. The molecule has 0 aliphatic heterocycles. The number of rotatable bonds is 1. The van der Waals surface area contributed by atoms with Crippen molar-refractivity contribution in [3.63, 3.8) is 0 Å². The van der Waals surface area contributed by atoms with Crippen molar-refractivity contribution in [3.8, 4) is 17.2 Å². The van der Waals surface area contributed by atoms with Crippen molar-refractivity contribution in [1.82, 2.24) is 0 Å². The van der Waals surface area contributed by atoms with Gasteiger partial charge in [0.05, 0.1) is 10.6 Å². The van der Waals surface area contributed by atoms with Gasteiger partial charge in [0.2, 0.25) is 0 Å².